The highest BCUT2D eigenvalue weighted by atomic mass is 16.4. The quantitative estimate of drug-likeness (QED) is 0.172. The summed E-state index contributed by atoms with van der Waals surface area (Å²) < 4.78 is 0.413. The maximum Gasteiger partial charge on any atom is 0.317 e. The molecular weight excluding hydrogens is 384 g/mol. The van der Waals surface area contributed by atoms with Gasteiger partial charge in [0, 0.05) is 0 Å². The van der Waals surface area contributed by atoms with Crippen molar-refractivity contribution < 1.29 is 48.6 Å². The molecular formula is C19H34N2O8+2. The smallest absolute Gasteiger partial charge is 0.317 e. The molecule has 166 valence electrons. The molecule has 4 N–H and O–H groups in total. The molecule has 0 aromatic rings. The van der Waals surface area contributed by atoms with Crippen LogP contribution in [0, 0.1) is 11.8 Å². The molecule has 29 heavy (non-hydrogen) atoms. The van der Waals surface area contributed by atoms with Crippen molar-refractivity contribution in [2.75, 3.05) is 55.4 Å². The number of aliphatic hydroxyl groups is 2. The van der Waals surface area contributed by atoms with Crippen LogP contribution in [0.5, 0.6) is 0 Å². The fraction of sp³-hybridized carbons (Fsp3) is 0.684. The number of Topliss-reactive ketones (excluding diaryl/α,β-unsaturated/α-hetero) is 1. The standard InChI is InChI=1S/C19H32N2O8/c1-11(17(25)16(19(28)29)14(24)10-21(5,6)7)8-12(22)15(18(26)27)13(23)9-20(2,3)4/h8,13-16,23-24H,9-10H2,1-7H3/p+2/b11-8+. The summed E-state index contributed by atoms with van der Waals surface area (Å²) in [6, 6.07) is 0. The number of carboxylic acids is 2. The first-order chi connectivity index (χ1) is 12.9. The maximum absolute atomic E-state index is 12.6. The van der Waals surface area contributed by atoms with Gasteiger partial charge in [0.2, 0.25) is 0 Å². The zero-order valence-corrected chi connectivity index (χ0v) is 18.1. The summed E-state index contributed by atoms with van der Waals surface area (Å²) in [4.78, 5) is 48.0. The number of rotatable bonds is 12. The minimum atomic E-state index is -1.80. The average molecular weight is 418 g/mol. The number of carboxylic acid groups (broad SMARTS) is 2. The van der Waals surface area contributed by atoms with Gasteiger partial charge in [-0.05, 0) is 18.6 Å². The molecule has 0 saturated heterocycles. The van der Waals surface area contributed by atoms with E-state index >= 15 is 0 Å². The van der Waals surface area contributed by atoms with Gasteiger partial charge in [-0.15, -0.1) is 0 Å². The lowest BCUT2D eigenvalue weighted by molar-refractivity contribution is -0.873. The molecule has 0 spiro atoms. The highest BCUT2D eigenvalue weighted by molar-refractivity contribution is 6.13. The van der Waals surface area contributed by atoms with E-state index in [-0.39, 0.29) is 27.6 Å². The minimum absolute atomic E-state index is 0.0239. The Kier molecular flexibility index (Phi) is 9.32. The number of carbonyl (C=O) groups excluding carboxylic acids is 2. The van der Waals surface area contributed by atoms with Crippen molar-refractivity contribution in [2.24, 2.45) is 11.8 Å². The van der Waals surface area contributed by atoms with Gasteiger partial charge in [0.05, 0.1) is 42.3 Å². The Morgan fingerprint density at radius 2 is 1.10 bits per heavy atom. The molecule has 0 radical (unpaired) electrons. The molecule has 0 heterocycles. The lowest BCUT2D eigenvalue weighted by atomic mass is 9.89. The van der Waals surface area contributed by atoms with Gasteiger partial charge in [-0.1, -0.05) is 0 Å². The maximum atomic E-state index is 12.6. The first-order valence-electron chi connectivity index (χ1n) is 9.06. The van der Waals surface area contributed by atoms with Crippen molar-refractivity contribution in [2.45, 2.75) is 19.1 Å². The number of aliphatic hydroxyl groups excluding tert-OH is 2. The Balaban J connectivity index is 5.69. The third-order valence-corrected chi connectivity index (χ3v) is 4.11. The van der Waals surface area contributed by atoms with E-state index in [2.05, 4.69) is 0 Å². The van der Waals surface area contributed by atoms with Crippen LogP contribution in [-0.4, -0.2) is 120 Å². The van der Waals surface area contributed by atoms with Gasteiger partial charge in [-0.2, -0.15) is 0 Å². The van der Waals surface area contributed by atoms with Crippen molar-refractivity contribution in [3.05, 3.63) is 11.6 Å². The molecule has 0 aromatic heterocycles. The third-order valence-electron chi connectivity index (χ3n) is 4.11. The normalized spacial score (nSPS) is 17.2. The van der Waals surface area contributed by atoms with E-state index in [9.17, 15) is 39.6 Å². The Hall–Kier alpha value is -2.14. The van der Waals surface area contributed by atoms with Crippen LogP contribution in [0.4, 0.5) is 0 Å². The van der Waals surface area contributed by atoms with Crippen LogP contribution in [0.25, 0.3) is 0 Å². The fourth-order valence-corrected chi connectivity index (χ4v) is 2.88. The van der Waals surface area contributed by atoms with Crippen molar-refractivity contribution in [1.29, 1.82) is 0 Å². The number of carbonyl (C=O) groups is 4. The van der Waals surface area contributed by atoms with Gasteiger partial charge in [-0.25, -0.2) is 0 Å². The van der Waals surface area contributed by atoms with E-state index in [1.54, 1.807) is 42.3 Å². The molecule has 10 heteroatoms. The fourth-order valence-electron chi connectivity index (χ4n) is 2.88. The van der Waals surface area contributed by atoms with Crippen molar-refractivity contribution in [3.63, 3.8) is 0 Å². The van der Waals surface area contributed by atoms with E-state index in [0.717, 1.165) is 6.08 Å². The number of ketones is 2. The summed E-state index contributed by atoms with van der Waals surface area (Å²) in [7, 11) is 10.3. The molecule has 0 rings (SSSR count). The second-order valence-electron chi connectivity index (χ2n) is 9.31. The van der Waals surface area contributed by atoms with Gasteiger partial charge in [0.1, 0.15) is 25.3 Å². The molecule has 0 aliphatic rings. The SMILES string of the molecule is C/C(=C\C(=O)C(C(=O)O)C(O)C[N+](C)(C)C)C(=O)C(C(=O)O)C(O)C[N+](C)(C)C. The summed E-state index contributed by atoms with van der Waals surface area (Å²) in [5.41, 5.74) is -0.299. The van der Waals surface area contributed by atoms with E-state index in [4.69, 9.17) is 0 Å². The highest BCUT2D eigenvalue weighted by Crippen LogP contribution is 2.17. The predicted molar refractivity (Wildman–Crippen MR) is 104 cm³/mol. The van der Waals surface area contributed by atoms with Crippen LogP contribution in [0.15, 0.2) is 11.6 Å². The molecule has 0 aromatic carbocycles. The molecule has 0 bridgehead atoms. The molecule has 4 atom stereocenters. The lowest BCUT2D eigenvalue weighted by Gasteiger charge is -2.29. The van der Waals surface area contributed by atoms with Crippen LogP contribution in [-0.2, 0) is 19.2 Å². The van der Waals surface area contributed by atoms with Crippen molar-refractivity contribution >= 4 is 23.5 Å². The van der Waals surface area contributed by atoms with Crippen LogP contribution in [0.1, 0.15) is 6.92 Å². The number of allylic oxidation sites excluding steroid dienone is 2. The van der Waals surface area contributed by atoms with E-state index in [1.165, 1.54) is 6.92 Å². The van der Waals surface area contributed by atoms with Gasteiger partial charge >= 0.3 is 11.9 Å². The van der Waals surface area contributed by atoms with Gasteiger partial charge in [0.15, 0.2) is 23.4 Å². The van der Waals surface area contributed by atoms with Crippen LogP contribution in [0.3, 0.4) is 0 Å². The van der Waals surface area contributed by atoms with Crippen LogP contribution >= 0.6 is 0 Å². The Morgan fingerprint density at radius 3 is 1.41 bits per heavy atom. The molecule has 0 fully saturated rings. The second kappa shape index (κ2) is 10.1. The number of likely N-dealkylation sites (N-methyl/N-ethyl adjacent to an activating group) is 2. The number of quaternary nitrogens is 2. The summed E-state index contributed by atoms with van der Waals surface area (Å²) >= 11 is 0. The predicted octanol–water partition coefficient (Wildman–Crippen LogP) is -1.39. The molecule has 0 amide bonds. The monoisotopic (exact) mass is 418 g/mol. The van der Waals surface area contributed by atoms with E-state index < -0.39 is 47.5 Å². The Bertz CT molecular complexity index is 673. The van der Waals surface area contributed by atoms with E-state index in [0.29, 0.717) is 0 Å². The van der Waals surface area contributed by atoms with Crippen LogP contribution in [0.2, 0.25) is 0 Å². The summed E-state index contributed by atoms with van der Waals surface area (Å²) in [5.74, 6) is -8.69. The molecule has 0 saturated carbocycles. The van der Waals surface area contributed by atoms with Gasteiger partial charge in [-0.3, -0.25) is 19.2 Å². The Morgan fingerprint density at radius 1 is 0.759 bits per heavy atom. The van der Waals surface area contributed by atoms with Crippen molar-refractivity contribution in [1.82, 2.24) is 0 Å². The summed E-state index contributed by atoms with van der Waals surface area (Å²) in [5, 5.41) is 39.1. The molecule has 10 nitrogen and oxygen atoms in total. The molecule has 0 aliphatic heterocycles. The zero-order chi connectivity index (χ0) is 23.3. The first-order valence-corrected chi connectivity index (χ1v) is 9.06. The lowest BCUT2D eigenvalue weighted by Crippen LogP contribution is -2.48. The third kappa shape index (κ3) is 9.27. The first kappa shape index (κ1) is 26.9. The van der Waals surface area contributed by atoms with E-state index in [1.807, 2.05) is 0 Å². The Labute approximate surface area is 170 Å². The number of nitrogens with zero attached hydrogens (tertiary/aromatic N) is 2. The highest BCUT2D eigenvalue weighted by Gasteiger charge is 2.39. The minimum Gasteiger partial charge on any atom is -0.481 e. The summed E-state index contributed by atoms with van der Waals surface area (Å²) in [6.45, 7) is 1.13. The van der Waals surface area contributed by atoms with Crippen molar-refractivity contribution in [3.8, 4) is 0 Å². The van der Waals surface area contributed by atoms with Gasteiger partial charge < -0.3 is 29.4 Å². The topological polar surface area (TPSA) is 149 Å². The number of aliphatic carboxylic acids is 2. The zero-order valence-electron chi connectivity index (χ0n) is 18.1. The van der Waals surface area contributed by atoms with Gasteiger partial charge in [0.25, 0.3) is 0 Å². The number of hydrogen-bond donors (Lipinski definition) is 4. The second-order valence-corrected chi connectivity index (χ2v) is 9.31. The molecule has 0 aliphatic carbocycles. The van der Waals surface area contributed by atoms with Crippen LogP contribution < -0.4 is 0 Å². The average Bonchev–Trinajstić information content (AvgIpc) is 2.41. The number of hydrogen-bond acceptors (Lipinski definition) is 6. The molecule has 4 unspecified atom stereocenters. The summed E-state index contributed by atoms with van der Waals surface area (Å²) in [6.07, 6.45) is -2.27. The largest absolute Gasteiger partial charge is 0.481 e.